The maximum atomic E-state index is 12.6. The number of hydrogen-bond acceptors (Lipinski definition) is 5. The van der Waals surface area contributed by atoms with Crippen LogP contribution in [0.15, 0.2) is 66.9 Å². The number of pyridine rings is 1. The number of carbonyl (C=O) groups excluding carboxylic acids is 2. The first-order valence-corrected chi connectivity index (χ1v) is 9.42. The first kappa shape index (κ1) is 18.7. The van der Waals surface area contributed by atoms with Crippen LogP contribution in [0.2, 0.25) is 0 Å². The van der Waals surface area contributed by atoms with E-state index < -0.39 is 5.97 Å². The highest BCUT2D eigenvalue weighted by Gasteiger charge is 2.18. The van der Waals surface area contributed by atoms with Gasteiger partial charge in [-0.05, 0) is 41.8 Å². The van der Waals surface area contributed by atoms with Crippen LogP contribution in [0.4, 0.5) is 11.5 Å². The zero-order chi connectivity index (χ0) is 20.2. The summed E-state index contributed by atoms with van der Waals surface area (Å²) in [6.45, 7) is 1.70. The standard InChI is InChI=1S/C23H21N3O3/c1-29-23(28)19-8-4-5-9-20(19)25-22(27)17-10-11-21(24-14-17)26-13-12-16-6-2-3-7-18(16)15-26/h2-11,14H,12-13,15H2,1H3,(H,25,27). The summed E-state index contributed by atoms with van der Waals surface area (Å²) in [7, 11) is 1.31. The SMILES string of the molecule is COC(=O)c1ccccc1NC(=O)c1ccc(N2CCc3ccccc3C2)nc1. The van der Waals surface area contributed by atoms with Gasteiger partial charge in [0.25, 0.3) is 5.91 Å². The van der Waals surface area contributed by atoms with Crippen LogP contribution in [0.3, 0.4) is 0 Å². The molecule has 0 atom stereocenters. The largest absolute Gasteiger partial charge is 0.465 e. The van der Waals surface area contributed by atoms with Crippen LogP contribution in [0.25, 0.3) is 0 Å². The lowest BCUT2D eigenvalue weighted by atomic mass is 10.00. The van der Waals surface area contributed by atoms with Crippen LogP contribution in [0.1, 0.15) is 31.8 Å². The Labute approximate surface area is 169 Å². The molecule has 0 unspecified atom stereocenters. The van der Waals surface area contributed by atoms with E-state index in [0.717, 1.165) is 25.3 Å². The van der Waals surface area contributed by atoms with E-state index in [2.05, 4.69) is 39.5 Å². The number of para-hydroxylation sites is 1. The summed E-state index contributed by atoms with van der Waals surface area (Å²) in [5.74, 6) is 0.00941. The van der Waals surface area contributed by atoms with Crippen LogP contribution >= 0.6 is 0 Å². The summed E-state index contributed by atoms with van der Waals surface area (Å²) < 4.78 is 4.76. The minimum atomic E-state index is -0.500. The lowest BCUT2D eigenvalue weighted by molar-refractivity contribution is 0.0602. The van der Waals surface area contributed by atoms with E-state index in [9.17, 15) is 9.59 Å². The van der Waals surface area contributed by atoms with Crippen molar-refractivity contribution < 1.29 is 14.3 Å². The van der Waals surface area contributed by atoms with Gasteiger partial charge in [-0.3, -0.25) is 4.79 Å². The summed E-state index contributed by atoms with van der Waals surface area (Å²) >= 11 is 0. The van der Waals surface area contributed by atoms with Gasteiger partial charge in [-0.25, -0.2) is 9.78 Å². The molecule has 6 nitrogen and oxygen atoms in total. The van der Waals surface area contributed by atoms with E-state index in [1.165, 1.54) is 18.2 Å². The Morgan fingerprint density at radius 2 is 1.76 bits per heavy atom. The Hall–Kier alpha value is -3.67. The predicted octanol–water partition coefficient (Wildman–Crippen LogP) is 3.68. The number of benzene rings is 2. The molecule has 0 saturated heterocycles. The van der Waals surface area contributed by atoms with Gasteiger partial charge in [-0.15, -0.1) is 0 Å². The minimum Gasteiger partial charge on any atom is -0.465 e. The number of fused-ring (bicyclic) bond motifs is 1. The van der Waals surface area contributed by atoms with Gasteiger partial charge in [0, 0.05) is 19.3 Å². The van der Waals surface area contributed by atoms with Crippen LogP contribution in [0, 0.1) is 0 Å². The van der Waals surface area contributed by atoms with E-state index in [1.807, 2.05) is 6.07 Å². The first-order valence-electron chi connectivity index (χ1n) is 9.42. The number of hydrogen-bond donors (Lipinski definition) is 1. The van der Waals surface area contributed by atoms with Crippen molar-refractivity contribution in [2.75, 3.05) is 23.9 Å². The van der Waals surface area contributed by atoms with E-state index in [0.29, 0.717) is 16.8 Å². The molecule has 2 aromatic carbocycles. The maximum Gasteiger partial charge on any atom is 0.339 e. The average molecular weight is 387 g/mol. The second-order valence-corrected chi connectivity index (χ2v) is 6.84. The van der Waals surface area contributed by atoms with Crippen LogP contribution < -0.4 is 10.2 Å². The highest BCUT2D eigenvalue weighted by molar-refractivity contribution is 6.07. The highest BCUT2D eigenvalue weighted by Crippen LogP contribution is 2.23. The summed E-state index contributed by atoms with van der Waals surface area (Å²) in [4.78, 5) is 31.2. The van der Waals surface area contributed by atoms with Crippen molar-refractivity contribution in [1.29, 1.82) is 0 Å². The number of methoxy groups -OCH3 is 1. The van der Waals surface area contributed by atoms with E-state index >= 15 is 0 Å². The molecule has 0 spiro atoms. The molecule has 0 bridgehead atoms. The number of esters is 1. The Balaban J connectivity index is 1.48. The molecular weight excluding hydrogens is 366 g/mol. The van der Waals surface area contributed by atoms with Crippen molar-refractivity contribution >= 4 is 23.4 Å². The average Bonchev–Trinajstić information content (AvgIpc) is 2.78. The van der Waals surface area contributed by atoms with E-state index in [-0.39, 0.29) is 5.91 Å². The molecule has 4 rings (SSSR count). The Morgan fingerprint density at radius 3 is 2.52 bits per heavy atom. The molecule has 3 aromatic rings. The smallest absolute Gasteiger partial charge is 0.339 e. The Kier molecular flexibility index (Phi) is 5.24. The van der Waals surface area contributed by atoms with Crippen molar-refractivity contribution in [3.8, 4) is 0 Å². The number of rotatable bonds is 4. The van der Waals surface area contributed by atoms with Gasteiger partial charge in [-0.1, -0.05) is 36.4 Å². The predicted molar refractivity (Wildman–Crippen MR) is 111 cm³/mol. The zero-order valence-electron chi connectivity index (χ0n) is 16.1. The third kappa shape index (κ3) is 3.96. The van der Waals surface area contributed by atoms with Gasteiger partial charge in [0.1, 0.15) is 5.82 Å². The first-order chi connectivity index (χ1) is 14.2. The van der Waals surface area contributed by atoms with Crippen molar-refractivity contribution in [3.63, 3.8) is 0 Å². The molecule has 2 heterocycles. The lowest BCUT2D eigenvalue weighted by Crippen LogP contribution is -2.31. The molecule has 29 heavy (non-hydrogen) atoms. The van der Waals surface area contributed by atoms with Gasteiger partial charge in [-0.2, -0.15) is 0 Å². The Morgan fingerprint density at radius 1 is 1.00 bits per heavy atom. The van der Waals surface area contributed by atoms with Gasteiger partial charge >= 0.3 is 5.97 Å². The van der Waals surface area contributed by atoms with Crippen molar-refractivity contribution in [3.05, 3.63) is 89.1 Å². The van der Waals surface area contributed by atoms with Crippen molar-refractivity contribution in [2.45, 2.75) is 13.0 Å². The van der Waals surface area contributed by atoms with Gasteiger partial charge < -0.3 is 15.0 Å². The molecule has 1 aliphatic rings. The van der Waals surface area contributed by atoms with Crippen LogP contribution in [-0.4, -0.2) is 30.5 Å². The second kappa shape index (κ2) is 8.14. The normalized spacial score (nSPS) is 12.8. The van der Waals surface area contributed by atoms with E-state index in [1.54, 1.807) is 36.5 Å². The molecule has 0 aliphatic carbocycles. The number of nitrogens with one attached hydrogen (secondary N) is 1. The Bertz CT molecular complexity index is 1050. The van der Waals surface area contributed by atoms with Gasteiger partial charge in [0.15, 0.2) is 0 Å². The number of ether oxygens (including phenoxy) is 1. The number of carbonyl (C=O) groups is 2. The fourth-order valence-electron chi connectivity index (χ4n) is 3.47. The molecule has 0 saturated carbocycles. The van der Waals surface area contributed by atoms with E-state index in [4.69, 9.17) is 4.74 Å². The summed E-state index contributed by atoms with van der Waals surface area (Å²) in [5, 5.41) is 2.76. The fourth-order valence-corrected chi connectivity index (χ4v) is 3.47. The second-order valence-electron chi connectivity index (χ2n) is 6.84. The fraction of sp³-hybridized carbons (Fsp3) is 0.174. The summed E-state index contributed by atoms with van der Waals surface area (Å²) in [5.41, 5.74) is 3.82. The topological polar surface area (TPSA) is 71.5 Å². The molecule has 1 N–H and O–H groups in total. The van der Waals surface area contributed by atoms with Crippen molar-refractivity contribution in [2.24, 2.45) is 0 Å². The van der Waals surface area contributed by atoms with Crippen molar-refractivity contribution in [1.82, 2.24) is 4.98 Å². The maximum absolute atomic E-state index is 12.6. The third-order valence-corrected chi connectivity index (χ3v) is 5.05. The minimum absolute atomic E-state index is 0.305. The molecule has 1 amide bonds. The van der Waals surface area contributed by atoms with Gasteiger partial charge in [0.05, 0.1) is 23.9 Å². The van der Waals surface area contributed by atoms with Gasteiger partial charge in [0.2, 0.25) is 0 Å². The number of nitrogens with zero attached hydrogens (tertiary/aromatic N) is 2. The monoisotopic (exact) mass is 387 g/mol. The number of aromatic nitrogens is 1. The molecule has 0 radical (unpaired) electrons. The van der Waals surface area contributed by atoms with Crippen LogP contribution in [0.5, 0.6) is 0 Å². The summed E-state index contributed by atoms with van der Waals surface area (Å²) in [6, 6.07) is 18.8. The molecule has 1 aromatic heterocycles. The van der Waals surface area contributed by atoms with Crippen LogP contribution in [-0.2, 0) is 17.7 Å². The summed E-state index contributed by atoms with van der Waals surface area (Å²) in [6.07, 6.45) is 2.54. The quantitative estimate of drug-likeness (QED) is 0.692. The number of amides is 1. The molecule has 1 aliphatic heterocycles. The number of anilines is 2. The third-order valence-electron chi connectivity index (χ3n) is 5.05. The highest BCUT2D eigenvalue weighted by atomic mass is 16.5. The molecule has 0 fully saturated rings. The molecule has 146 valence electrons. The lowest BCUT2D eigenvalue weighted by Gasteiger charge is -2.29. The molecule has 6 heteroatoms. The zero-order valence-corrected chi connectivity index (χ0v) is 16.1. The molecular formula is C23H21N3O3.